The Balaban J connectivity index is 1.48. The number of rotatable bonds is 5. The van der Waals surface area contributed by atoms with E-state index in [1.807, 2.05) is 13.1 Å². The molecule has 24 heavy (non-hydrogen) atoms. The van der Waals surface area contributed by atoms with E-state index in [9.17, 15) is 0 Å². The van der Waals surface area contributed by atoms with Gasteiger partial charge in [0.05, 0.1) is 11.0 Å². The highest BCUT2D eigenvalue weighted by atomic mass is 15.2. The van der Waals surface area contributed by atoms with E-state index < -0.39 is 0 Å². The highest BCUT2D eigenvalue weighted by molar-refractivity contribution is 5.80. The van der Waals surface area contributed by atoms with E-state index in [0.29, 0.717) is 6.04 Å². The molecule has 130 valence electrons. The molecule has 0 amide bonds. The molecule has 0 atom stereocenters. The first-order valence-electron chi connectivity index (χ1n) is 9.17. The van der Waals surface area contributed by atoms with E-state index >= 15 is 0 Å². The van der Waals surface area contributed by atoms with Gasteiger partial charge in [-0.25, -0.2) is 4.98 Å². The summed E-state index contributed by atoms with van der Waals surface area (Å²) in [6, 6.07) is 8.93. The summed E-state index contributed by atoms with van der Waals surface area (Å²) in [5.74, 6) is 2.02. The maximum atomic E-state index is 4.63. The average Bonchev–Trinajstić information content (AvgIpc) is 2.94. The minimum Gasteiger partial charge on any atom is -0.356 e. The van der Waals surface area contributed by atoms with Gasteiger partial charge in [0.2, 0.25) is 0 Å². The van der Waals surface area contributed by atoms with Gasteiger partial charge in [0.25, 0.3) is 0 Å². The highest BCUT2D eigenvalue weighted by Crippen LogP contribution is 2.17. The number of aromatic nitrogens is 2. The fourth-order valence-corrected chi connectivity index (χ4v) is 3.56. The van der Waals surface area contributed by atoms with Crippen molar-refractivity contribution < 1.29 is 0 Å². The van der Waals surface area contributed by atoms with Gasteiger partial charge >= 0.3 is 0 Å². The van der Waals surface area contributed by atoms with E-state index in [2.05, 4.69) is 50.3 Å². The summed E-state index contributed by atoms with van der Waals surface area (Å²) >= 11 is 0. The molecule has 0 saturated heterocycles. The van der Waals surface area contributed by atoms with Crippen molar-refractivity contribution in [1.29, 1.82) is 0 Å². The van der Waals surface area contributed by atoms with Crippen LogP contribution in [0.4, 0.5) is 0 Å². The minimum atomic E-state index is 0.588. The van der Waals surface area contributed by atoms with Crippen molar-refractivity contribution in [3.63, 3.8) is 0 Å². The van der Waals surface area contributed by atoms with Gasteiger partial charge in [-0.05, 0) is 38.3 Å². The van der Waals surface area contributed by atoms with Crippen LogP contribution >= 0.6 is 0 Å². The van der Waals surface area contributed by atoms with Crippen LogP contribution < -0.4 is 10.6 Å². The van der Waals surface area contributed by atoms with Crippen molar-refractivity contribution >= 4 is 17.0 Å². The van der Waals surface area contributed by atoms with Crippen LogP contribution in [0.5, 0.6) is 0 Å². The number of fused-ring (bicyclic) bond motifs is 1. The second-order valence-electron chi connectivity index (χ2n) is 6.63. The third-order valence-corrected chi connectivity index (χ3v) is 4.87. The lowest BCUT2D eigenvalue weighted by Gasteiger charge is -2.24. The lowest BCUT2D eigenvalue weighted by Crippen LogP contribution is -2.44. The Morgan fingerprint density at radius 3 is 2.83 bits per heavy atom. The van der Waals surface area contributed by atoms with Gasteiger partial charge in [-0.1, -0.05) is 31.4 Å². The Hall–Kier alpha value is -2.04. The quantitative estimate of drug-likeness (QED) is 0.504. The van der Waals surface area contributed by atoms with Crippen LogP contribution in [-0.4, -0.2) is 35.1 Å². The van der Waals surface area contributed by atoms with Crippen molar-refractivity contribution in [3.8, 4) is 0 Å². The normalized spacial score (nSPS) is 16.5. The van der Waals surface area contributed by atoms with E-state index in [1.54, 1.807) is 0 Å². The van der Waals surface area contributed by atoms with Gasteiger partial charge in [0.1, 0.15) is 5.82 Å². The Morgan fingerprint density at radius 1 is 1.25 bits per heavy atom. The Labute approximate surface area is 144 Å². The standard InChI is InChI=1S/C19H29N5/c1-15-22-17-11-6-7-12-18(17)24(15)14-8-13-21-19(20-2)23-16-9-4-3-5-10-16/h6-7,11-12,16H,3-5,8-10,13-14H2,1-2H3,(H2,20,21,23). The number of hydrogen-bond acceptors (Lipinski definition) is 2. The fraction of sp³-hybridized carbons (Fsp3) is 0.579. The van der Waals surface area contributed by atoms with Crippen molar-refractivity contribution in [2.75, 3.05) is 13.6 Å². The van der Waals surface area contributed by atoms with Crippen LogP contribution in [0.3, 0.4) is 0 Å². The molecule has 1 aromatic heterocycles. The Morgan fingerprint density at radius 2 is 2.04 bits per heavy atom. The third kappa shape index (κ3) is 4.08. The van der Waals surface area contributed by atoms with E-state index in [0.717, 1.165) is 36.8 Å². The molecule has 0 aliphatic heterocycles. The molecule has 5 nitrogen and oxygen atoms in total. The second-order valence-corrected chi connectivity index (χ2v) is 6.63. The molecule has 2 aromatic rings. The highest BCUT2D eigenvalue weighted by Gasteiger charge is 2.14. The summed E-state index contributed by atoms with van der Waals surface area (Å²) in [6.07, 6.45) is 7.63. The number of aliphatic imine (C=N–C) groups is 1. The number of guanidine groups is 1. The second kappa shape index (κ2) is 8.18. The fourth-order valence-electron chi connectivity index (χ4n) is 3.56. The molecular weight excluding hydrogens is 298 g/mol. The Bertz CT molecular complexity index is 682. The molecule has 2 N–H and O–H groups in total. The van der Waals surface area contributed by atoms with Crippen molar-refractivity contribution in [2.45, 2.75) is 58.0 Å². The molecule has 0 spiro atoms. The number of nitrogens with zero attached hydrogens (tertiary/aromatic N) is 3. The zero-order valence-corrected chi connectivity index (χ0v) is 14.9. The number of aryl methyl sites for hydroxylation is 2. The van der Waals surface area contributed by atoms with Crippen LogP contribution in [0.15, 0.2) is 29.3 Å². The number of nitrogens with one attached hydrogen (secondary N) is 2. The predicted molar refractivity (Wildman–Crippen MR) is 100 cm³/mol. The monoisotopic (exact) mass is 327 g/mol. The van der Waals surface area contributed by atoms with Gasteiger partial charge in [-0.3, -0.25) is 4.99 Å². The van der Waals surface area contributed by atoms with Gasteiger partial charge in [0.15, 0.2) is 5.96 Å². The molecule has 1 aromatic carbocycles. The maximum Gasteiger partial charge on any atom is 0.191 e. The Kier molecular flexibility index (Phi) is 5.72. The third-order valence-electron chi connectivity index (χ3n) is 4.87. The first kappa shape index (κ1) is 16.8. The molecule has 0 bridgehead atoms. The summed E-state index contributed by atoms with van der Waals surface area (Å²) < 4.78 is 2.30. The van der Waals surface area contributed by atoms with Gasteiger partial charge in [-0.2, -0.15) is 0 Å². The molecule has 1 heterocycles. The smallest absolute Gasteiger partial charge is 0.191 e. The van der Waals surface area contributed by atoms with E-state index in [-0.39, 0.29) is 0 Å². The average molecular weight is 327 g/mol. The number of para-hydroxylation sites is 2. The zero-order valence-electron chi connectivity index (χ0n) is 14.9. The van der Waals surface area contributed by atoms with Crippen LogP contribution in [-0.2, 0) is 6.54 Å². The lowest BCUT2D eigenvalue weighted by molar-refractivity contribution is 0.410. The maximum absolute atomic E-state index is 4.63. The van der Waals surface area contributed by atoms with Gasteiger partial charge < -0.3 is 15.2 Å². The molecule has 1 aliphatic carbocycles. The van der Waals surface area contributed by atoms with Crippen molar-refractivity contribution in [1.82, 2.24) is 20.2 Å². The van der Waals surface area contributed by atoms with Crippen LogP contribution in [0.25, 0.3) is 11.0 Å². The van der Waals surface area contributed by atoms with E-state index in [4.69, 9.17) is 0 Å². The zero-order chi connectivity index (χ0) is 16.8. The molecule has 0 unspecified atom stereocenters. The number of benzene rings is 1. The van der Waals surface area contributed by atoms with Crippen molar-refractivity contribution in [2.24, 2.45) is 4.99 Å². The van der Waals surface area contributed by atoms with Crippen LogP contribution in [0, 0.1) is 6.92 Å². The largest absolute Gasteiger partial charge is 0.356 e. The molecule has 5 heteroatoms. The van der Waals surface area contributed by atoms with E-state index in [1.165, 1.54) is 37.6 Å². The van der Waals surface area contributed by atoms with Gasteiger partial charge in [-0.15, -0.1) is 0 Å². The first-order chi connectivity index (χ1) is 11.8. The lowest BCUT2D eigenvalue weighted by atomic mass is 9.96. The molecule has 1 fully saturated rings. The summed E-state index contributed by atoms with van der Waals surface area (Å²) in [6.45, 7) is 3.97. The van der Waals surface area contributed by atoms with Gasteiger partial charge in [0, 0.05) is 26.2 Å². The molecular formula is C19H29N5. The molecule has 3 rings (SSSR count). The molecule has 1 saturated carbocycles. The number of imidazole rings is 1. The summed E-state index contributed by atoms with van der Waals surface area (Å²) in [5, 5.41) is 7.01. The number of hydrogen-bond donors (Lipinski definition) is 2. The predicted octanol–water partition coefficient (Wildman–Crippen LogP) is 3.23. The van der Waals surface area contributed by atoms with Crippen LogP contribution in [0.1, 0.15) is 44.3 Å². The molecule has 1 aliphatic rings. The first-order valence-corrected chi connectivity index (χ1v) is 9.17. The topological polar surface area (TPSA) is 54.2 Å². The SMILES string of the molecule is CN=C(NCCCn1c(C)nc2ccccc21)NC1CCCCC1. The summed E-state index contributed by atoms with van der Waals surface area (Å²) in [5.41, 5.74) is 2.30. The molecule has 0 radical (unpaired) electrons. The van der Waals surface area contributed by atoms with Crippen molar-refractivity contribution in [3.05, 3.63) is 30.1 Å². The van der Waals surface area contributed by atoms with Crippen LogP contribution in [0.2, 0.25) is 0 Å². The minimum absolute atomic E-state index is 0.588. The summed E-state index contributed by atoms with van der Waals surface area (Å²) in [7, 11) is 1.85. The summed E-state index contributed by atoms with van der Waals surface area (Å²) in [4.78, 5) is 8.99.